The average Bonchev–Trinajstić information content (AvgIpc) is 2.74. The number of nitrogens with one attached hydrogen (secondary N) is 1. The molecule has 1 saturated carbocycles. The average molecular weight is 242 g/mol. The number of anilines is 1. The Kier molecular flexibility index (Phi) is 3.66. The molecule has 2 rings (SSSR count). The molecular weight excluding hydrogens is 224 g/mol. The molecule has 0 amide bonds. The van der Waals surface area contributed by atoms with Crippen LogP contribution in [0.5, 0.6) is 0 Å². The SMILES string of the molecule is CC(=O)c1ccc(C#N)c(NC2CCC(C)C2)c1. The third-order valence-electron chi connectivity index (χ3n) is 3.60. The molecule has 94 valence electrons. The minimum Gasteiger partial charge on any atom is -0.381 e. The predicted molar refractivity (Wildman–Crippen MR) is 71.6 cm³/mol. The van der Waals surface area contributed by atoms with Gasteiger partial charge in [-0.2, -0.15) is 5.26 Å². The molecule has 0 aromatic heterocycles. The number of nitrogens with zero attached hydrogens (tertiary/aromatic N) is 1. The summed E-state index contributed by atoms with van der Waals surface area (Å²) in [5.41, 5.74) is 2.06. The van der Waals surface area contributed by atoms with Gasteiger partial charge in [0, 0.05) is 11.6 Å². The number of benzene rings is 1. The molecule has 3 heteroatoms. The molecule has 1 aromatic rings. The highest BCUT2D eigenvalue weighted by Gasteiger charge is 2.21. The molecule has 0 heterocycles. The number of ketones is 1. The molecule has 1 N–H and O–H groups in total. The van der Waals surface area contributed by atoms with E-state index in [1.54, 1.807) is 25.1 Å². The largest absolute Gasteiger partial charge is 0.381 e. The van der Waals surface area contributed by atoms with Crippen LogP contribution in [0.25, 0.3) is 0 Å². The smallest absolute Gasteiger partial charge is 0.159 e. The third-order valence-corrected chi connectivity index (χ3v) is 3.60. The second kappa shape index (κ2) is 5.22. The summed E-state index contributed by atoms with van der Waals surface area (Å²) in [6.45, 7) is 3.79. The molecule has 2 atom stereocenters. The topological polar surface area (TPSA) is 52.9 Å². The van der Waals surface area contributed by atoms with E-state index >= 15 is 0 Å². The van der Waals surface area contributed by atoms with Crippen molar-refractivity contribution in [1.29, 1.82) is 5.26 Å². The highest BCUT2D eigenvalue weighted by Crippen LogP contribution is 2.29. The van der Waals surface area contributed by atoms with E-state index in [0.29, 0.717) is 17.2 Å². The Bertz CT molecular complexity index is 502. The first-order chi connectivity index (χ1) is 8.60. The van der Waals surface area contributed by atoms with Gasteiger partial charge in [-0.25, -0.2) is 0 Å². The standard InChI is InChI=1S/C15H18N2O/c1-10-3-6-14(7-10)17-15-8-12(11(2)18)4-5-13(15)9-16/h4-5,8,10,14,17H,3,6-7H2,1-2H3. The van der Waals surface area contributed by atoms with Gasteiger partial charge in [-0.1, -0.05) is 6.92 Å². The lowest BCUT2D eigenvalue weighted by atomic mass is 10.1. The van der Waals surface area contributed by atoms with Crippen molar-refractivity contribution in [1.82, 2.24) is 0 Å². The van der Waals surface area contributed by atoms with Crippen molar-refractivity contribution in [2.24, 2.45) is 5.92 Å². The molecule has 3 nitrogen and oxygen atoms in total. The molecule has 1 aliphatic rings. The van der Waals surface area contributed by atoms with Gasteiger partial charge in [0.05, 0.1) is 11.3 Å². The number of rotatable bonds is 3. The highest BCUT2D eigenvalue weighted by molar-refractivity contribution is 5.95. The molecular formula is C15H18N2O. The Balaban J connectivity index is 2.22. The van der Waals surface area contributed by atoms with E-state index in [9.17, 15) is 4.79 Å². The summed E-state index contributed by atoms with van der Waals surface area (Å²) in [5, 5.41) is 12.5. The van der Waals surface area contributed by atoms with Crippen molar-refractivity contribution in [2.45, 2.75) is 39.2 Å². The van der Waals surface area contributed by atoms with E-state index in [0.717, 1.165) is 24.4 Å². The first-order valence-corrected chi connectivity index (χ1v) is 6.41. The van der Waals surface area contributed by atoms with Crippen LogP contribution in [0.3, 0.4) is 0 Å². The lowest BCUT2D eigenvalue weighted by molar-refractivity contribution is 0.101. The molecule has 1 aromatic carbocycles. The molecule has 0 spiro atoms. The van der Waals surface area contributed by atoms with Crippen LogP contribution in [0.4, 0.5) is 5.69 Å². The summed E-state index contributed by atoms with van der Waals surface area (Å²) in [7, 11) is 0. The van der Waals surface area contributed by atoms with E-state index in [-0.39, 0.29) is 5.78 Å². The molecule has 0 aliphatic heterocycles. The minimum absolute atomic E-state index is 0.0299. The van der Waals surface area contributed by atoms with Crippen molar-refractivity contribution >= 4 is 11.5 Å². The predicted octanol–water partition coefficient (Wildman–Crippen LogP) is 3.36. The quantitative estimate of drug-likeness (QED) is 0.827. The van der Waals surface area contributed by atoms with E-state index in [4.69, 9.17) is 5.26 Å². The van der Waals surface area contributed by atoms with Gasteiger partial charge in [0.15, 0.2) is 5.78 Å². The summed E-state index contributed by atoms with van der Waals surface area (Å²) in [4.78, 5) is 11.4. The van der Waals surface area contributed by atoms with Gasteiger partial charge < -0.3 is 5.32 Å². The molecule has 0 radical (unpaired) electrons. The Morgan fingerprint density at radius 3 is 2.78 bits per heavy atom. The lowest BCUT2D eigenvalue weighted by Crippen LogP contribution is -2.16. The zero-order chi connectivity index (χ0) is 13.1. The minimum atomic E-state index is 0.0299. The van der Waals surface area contributed by atoms with E-state index in [1.165, 1.54) is 6.42 Å². The zero-order valence-corrected chi connectivity index (χ0v) is 10.9. The van der Waals surface area contributed by atoms with Gasteiger partial charge in [0.25, 0.3) is 0 Å². The molecule has 18 heavy (non-hydrogen) atoms. The molecule has 1 aliphatic carbocycles. The van der Waals surface area contributed by atoms with Crippen LogP contribution in [-0.4, -0.2) is 11.8 Å². The van der Waals surface area contributed by atoms with Crippen LogP contribution in [0, 0.1) is 17.2 Å². The first-order valence-electron chi connectivity index (χ1n) is 6.41. The Labute approximate surface area is 108 Å². The fourth-order valence-electron chi connectivity index (χ4n) is 2.54. The number of carbonyl (C=O) groups is 1. The van der Waals surface area contributed by atoms with Gasteiger partial charge in [-0.3, -0.25) is 4.79 Å². The number of hydrogen-bond acceptors (Lipinski definition) is 3. The van der Waals surface area contributed by atoms with Crippen molar-refractivity contribution in [3.05, 3.63) is 29.3 Å². The summed E-state index contributed by atoms with van der Waals surface area (Å²) in [5.74, 6) is 0.770. The van der Waals surface area contributed by atoms with Crippen LogP contribution in [-0.2, 0) is 0 Å². The Morgan fingerprint density at radius 2 is 2.22 bits per heavy atom. The molecule has 0 saturated heterocycles. The summed E-state index contributed by atoms with van der Waals surface area (Å²) in [6, 6.07) is 7.83. The lowest BCUT2D eigenvalue weighted by Gasteiger charge is -2.15. The van der Waals surface area contributed by atoms with Crippen molar-refractivity contribution in [2.75, 3.05) is 5.32 Å². The second-order valence-electron chi connectivity index (χ2n) is 5.19. The number of carbonyl (C=O) groups excluding carboxylic acids is 1. The number of Topliss-reactive ketones (excluding diaryl/α,β-unsaturated/α-hetero) is 1. The Morgan fingerprint density at radius 1 is 1.44 bits per heavy atom. The number of hydrogen-bond donors (Lipinski definition) is 1. The van der Waals surface area contributed by atoms with Gasteiger partial charge >= 0.3 is 0 Å². The summed E-state index contributed by atoms with van der Waals surface area (Å²) >= 11 is 0. The Hall–Kier alpha value is -1.82. The maximum absolute atomic E-state index is 11.4. The van der Waals surface area contributed by atoms with Crippen LogP contribution < -0.4 is 5.32 Å². The van der Waals surface area contributed by atoms with Crippen molar-refractivity contribution in [3.63, 3.8) is 0 Å². The summed E-state index contributed by atoms with van der Waals surface area (Å²) < 4.78 is 0. The van der Waals surface area contributed by atoms with Gasteiger partial charge in [-0.05, 0) is 50.3 Å². The van der Waals surface area contributed by atoms with E-state index in [1.807, 2.05) is 0 Å². The fraction of sp³-hybridized carbons (Fsp3) is 0.467. The highest BCUT2D eigenvalue weighted by atomic mass is 16.1. The van der Waals surface area contributed by atoms with Gasteiger partial charge in [-0.15, -0.1) is 0 Å². The molecule has 0 bridgehead atoms. The monoisotopic (exact) mass is 242 g/mol. The second-order valence-corrected chi connectivity index (χ2v) is 5.19. The zero-order valence-electron chi connectivity index (χ0n) is 10.9. The van der Waals surface area contributed by atoms with Crippen LogP contribution in [0.15, 0.2) is 18.2 Å². The first kappa shape index (κ1) is 12.6. The van der Waals surface area contributed by atoms with E-state index < -0.39 is 0 Å². The third kappa shape index (κ3) is 2.70. The van der Waals surface area contributed by atoms with Crippen LogP contribution in [0.2, 0.25) is 0 Å². The van der Waals surface area contributed by atoms with Crippen LogP contribution >= 0.6 is 0 Å². The van der Waals surface area contributed by atoms with Crippen LogP contribution in [0.1, 0.15) is 49.0 Å². The summed E-state index contributed by atoms with van der Waals surface area (Å²) in [6.07, 6.45) is 3.50. The van der Waals surface area contributed by atoms with Crippen molar-refractivity contribution < 1.29 is 4.79 Å². The van der Waals surface area contributed by atoms with Crippen molar-refractivity contribution in [3.8, 4) is 6.07 Å². The van der Waals surface area contributed by atoms with Gasteiger partial charge in [0.2, 0.25) is 0 Å². The normalized spacial score (nSPS) is 22.5. The van der Waals surface area contributed by atoms with E-state index in [2.05, 4.69) is 18.3 Å². The maximum Gasteiger partial charge on any atom is 0.159 e. The fourth-order valence-corrected chi connectivity index (χ4v) is 2.54. The maximum atomic E-state index is 11.4. The van der Waals surface area contributed by atoms with Gasteiger partial charge in [0.1, 0.15) is 6.07 Å². The number of nitriles is 1. The molecule has 2 unspecified atom stereocenters. The molecule has 1 fully saturated rings.